The molecule has 30 heavy (non-hydrogen) atoms. The number of pyridine rings is 1. The monoisotopic (exact) mass is 445 g/mol. The highest BCUT2D eigenvalue weighted by Gasteiger charge is 2.17. The molecule has 2 aromatic heterocycles. The number of esters is 1. The van der Waals surface area contributed by atoms with Crippen molar-refractivity contribution < 1.29 is 14.3 Å². The fourth-order valence-electron chi connectivity index (χ4n) is 2.68. The third kappa shape index (κ3) is 5.37. The molecule has 10 heteroatoms. The zero-order valence-electron chi connectivity index (χ0n) is 16.5. The largest absolute Gasteiger partial charge is 0.465 e. The van der Waals surface area contributed by atoms with Gasteiger partial charge < -0.3 is 14.6 Å². The minimum Gasteiger partial charge on any atom is -0.465 e. The van der Waals surface area contributed by atoms with E-state index in [2.05, 4.69) is 20.5 Å². The molecule has 0 radical (unpaired) electrons. The standard InChI is InChI=1S/C20H20ClN5O3S/c1-3-29-18(28)11-23-16-5-4-14(21)10-15(16)17(27)12-30-20-25-24-19(26(20)2)13-6-8-22-9-7-13/h4-10,23H,3,11-12H2,1-2H3. The number of hydrogen-bond acceptors (Lipinski definition) is 8. The molecule has 1 aromatic carbocycles. The van der Waals surface area contributed by atoms with Crippen LogP contribution in [0.2, 0.25) is 5.02 Å². The van der Waals surface area contributed by atoms with Gasteiger partial charge in [0, 0.05) is 41.3 Å². The molecule has 0 fully saturated rings. The molecule has 0 aliphatic rings. The maximum atomic E-state index is 12.8. The molecule has 0 unspecified atom stereocenters. The lowest BCUT2D eigenvalue weighted by molar-refractivity contribution is -0.140. The summed E-state index contributed by atoms with van der Waals surface area (Å²) in [6.07, 6.45) is 3.37. The van der Waals surface area contributed by atoms with E-state index < -0.39 is 5.97 Å². The van der Waals surface area contributed by atoms with Crippen molar-refractivity contribution in [3.8, 4) is 11.4 Å². The van der Waals surface area contributed by atoms with Crippen molar-refractivity contribution in [1.82, 2.24) is 19.7 Å². The molecule has 0 amide bonds. The first-order valence-electron chi connectivity index (χ1n) is 9.14. The second-order valence-corrected chi connectivity index (χ2v) is 7.54. The van der Waals surface area contributed by atoms with E-state index in [0.29, 0.717) is 33.9 Å². The molecular weight excluding hydrogens is 426 g/mol. The van der Waals surface area contributed by atoms with Gasteiger partial charge in [-0.3, -0.25) is 14.6 Å². The molecule has 0 aliphatic heterocycles. The van der Waals surface area contributed by atoms with Crippen LogP contribution in [0, 0.1) is 0 Å². The predicted molar refractivity (Wildman–Crippen MR) is 116 cm³/mol. The number of Topliss-reactive ketones (excluding diaryl/α,β-unsaturated/α-hetero) is 1. The number of halogens is 1. The van der Waals surface area contributed by atoms with Crippen molar-refractivity contribution in [3.63, 3.8) is 0 Å². The Morgan fingerprint density at radius 3 is 2.70 bits per heavy atom. The number of rotatable bonds is 9. The highest BCUT2D eigenvalue weighted by Crippen LogP contribution is 2.26. The quantitative estimate of drug-likeness (QED) is 0.303. The lowest BCUT2D eigenvalue weighted by Crippen LogP contribution is -2.18. The summed E-state index contributed by atoms with van der Waals surface area (Å²) in [7, 11) is 1.84. The average Bonchev–Trinajstić information content (AvgIpc) is 3.12. The highest BCUT2D eigenvalue weighted by molar-refractivity contribution is 7.99. The van der Waals surface area contributed by atoms with E-state index in [1.54, 1.807) is 37.5 Å². The molecule has 0 spiro atoms. The first-order chi connectivity index (χ1) is 14.5. The second kappa shape index (κ2) is 10.2. The van der Waals surface area contributed by atoms with Gasteiger partial charge in [-0.25, -0.2) is 0 Å². The molecule has 0 saturated heterocycles. The van der Waals surface area contributed by atoms with Crippen LogP contribution in [-0.4, -0.2) is 50.4 Å². The van der Waals surface area contributed by atoms with Crippen LogP contribution in [0.25, 0.3) is 11.4 Å². The van der Waals surface area contributed by atoms with E-state index in [4.69, 9.17) is 16.3 Å². The van der Waals surface area contributed by atoms with Crippen molar-refractivity contribution in [2.75, 3.05) is 24.2 Å². The van der Waals surface area contributed by atoms with Crippen LogP contribution in [0.3, 0.4) is 0 Å². The number of benzene rings is 1. The summed E-state index contributed by atoms with van der Waals surface area (Å²) in [5, 5.41) is 12.4. The molecule has 3 rings (SSSR count). The lowest BCUT2D eigenvalue weighted by Gasteiger charge is -2.11. The molecule has 156 valence electrons. The minimum atomic E-state index is -0.400. The zero-order chi connectivity index (χ0) is 21.5. The summed E-state index contributed by atoms with van der Waals surface area (Å²) in [5.74, 6) is 0.272. The van der Waals surface area contributed by atoms with E-state index in [1.165, 1.54) is 11.8 Å². The summed E-state index contributed by atoms with van der Waals surface area (Å²) >= 11 is 7.35. The van der Waals surface area contributed by atoms with Crippen LogP contribution in [0.4, 0.5) is 5.69 Å². The Labute approximate surface area is 183 Å². The number of nitrogens with zero attached hydrogens (tertiary/aromatic N) is 4. The van der Waals surface area contributed by atoms with Crippen LogP contribution >= 0.6 is 23.4 Å². The summed E-state index contributed by atoms with van der Waals surface area (Å²) in [6.45, 7) is 1.99. The second-order valence-electron chi connectivity index (χ2n) is 6.16. The molecule has 0 bridgehead atoms. The summed E-state index contributed by atoms with van der Waals surface area (Å²) < 4.78 is 6.73. The van der Waals surface area contributed by atoms with Gasteiger partial charge in [-0.05, 0) is 37.3 Å². The van der Waals surface area contributed by atoms with Gasteiger partial charge in [-0.2, -0.15) is 0 Å². The van der Waals surface area contributed by atoms with Gasteiger partial charge in [-0.1, -0.05) is 23.4 Å². The van der Waals surface area contributed by atoms with E-state index in [-0.39, 0.29) is 18.1 Å². The van der Waals surface area contributed by atoms with Gasteiger partial charge in [0.15, 0.2) is 16.8 Å². The number of carbonyl (C=O) groups excluding carboxylic acids is 2. The number of ketones is 1. The molecule has 1 N–H and O–H groups in total. The average molecular weight is 446 g/mol. The third-order valence-corrected chi connectivity index (χ3v) is 5.37. The van der Waals surface area contributed by atoms with Gasteiger partial charge in [0.25, 0.3) is 0 Å². The number of ether oxygens (including phenoxy) is 1. The van der Waals surface area contributed by atoms with Gasteiger partial charge >= 0.3 is 5.97 Å². The molecule has 0 aliphatic carbocycles. The van der Waals surface area contributed by atoms with Crippen molar-refractivity contribution in [2.24, 2.45) is 7.05 Å². The van der Waals surface area contributed by atoms with Crippen LogP contribution in [-0.2, 0) is 16.6 Å². The third-order valence-electron chi connectivity index (χ3n) is 4.12. The number of anilines is 1. The molecule has 2 heterocycles. The SMILES string of the molecule is CCOC(=O)CNc1ccc(Cl)cc1C(=O)CSc1nnc(-c2ccncc2)n1C. The Morgan fingerprint density at radius 2 is 1.97 bits per heavy atom. The first kappa shape index (κ1) is 21.8. The number of carbonyl (C=O) groups is 2. The zero-order valence-corrected chi connectivity index (χ0v) is 18.0. The highest BCUT2D eigenvalue weighted by atomic mass is 35.5. The van der Waals surface area contributed by atoms with E-state index >= 15 is 0 Å². The Hall–Kier alpha value is -2.91. The lowest BCUT2D eigenvalue weighted by atomic mass is 10.1. The fourth-order valence-corrected chi connectivity index (χ4v) is 3.65. The Kier molecular flexibility index (Phi) is 7.42. The predicted octanol–water partition coefficient (Wildman–Crippen LogP) is 3.48. The van der Waals surface area contributed by atoms with E-state index in [1.807, 2.05) is 23.7 Å². The smallest absolute Gasteiger partial charge is 0.325 e. The Bertz CT molecular complexity index is 1040. The maximum absolute atomic E-state index is 12.8. The fraction of sp³-hybridized carbons (Fsp3) is 0.250. The topological polar surface area (TPSA) is 99.0 Å². The molecule has 3 aromatic rings. The van der Waals surface area contributed by atoms with Crippen molar-refractivity contribution in [3.05, 3.63) is 53.3 Å². The maximum Gasteiger partial charge on any atom is 0.325 e. The van der Waals surface area contributed by atoms with Crippen molar-refractivity contribution in [1.29, 1.82) is 0 Å². The van der Waals surface area contributed by atoms with Crippen LogP contribution in [0.5, 0.6) is 0 Å². The normalized spacial score (nSPS) is 10.6. The van der Waals surface area contributed by atoms with Gasteiger partial charge in [0.2, 0.25) is 0 Å². The van der Waals surface area contributed by atoms with Crippen LogP contribution in [0.1, 0.15) is 17.3 Å². The number of nitrogens with one attached hydrogen (secondary N) is 1. The summed E-state index contributed by atoms with van der Waals surface area (Å²) in [5.41, 5.74) is 1.81. The molecular formula is C20H20ClN5O3S. The van der Waals surface area contributed by atoms with Crippen molar-refractivity contribution >= 4 is 40.8 Å². The Morgan fingerprint density at radius 1 is 1.20 bits per heavy atom. The summed E-state index contributed by atoms with van der Waals surface area (Å²) in [6, 6.07) is 8.59. The number of aromatic nitrogens is 4. The van der Waals surface area contributed by atoms with Gasteiger partial charge in [0.1, 0.15) is 6.54 Å². The van der Waals surface area contributed by atoms with E-state index in [9.17, 15) is 9.59 Å². The number of thioether (sulfide) groups is 1. The van der Waals surface area contributed by atoms with Gasteiger partial charge in [-0.15, -0.1) is 10.2 Å². The molecule has 0 saturated carbocycles. The minimum absolute atomic E-state index is 0.0402. The van der Waals surface area contributed by atoms with Crippen LogP contribution in [0.15, 0.2) is 47.9 Å². The first-order valence-corrected chi connectivity index (χ1v) is 10.5. The number of hydrogen-bond donors (Lipinski definition) is 1. The van der Waals surface area contributed by atoms with E-state index in [0.717, 1.165) is 5.56 Å². The van der Waals surface area contributed by atoms with Crippen LogP contribution < -0.4 is 5.32 Å². The van der Waals surface area contributed by atoms with Crippen molar-refractivity contribution in [2.45, 2.75) is 12.1 Å². The molecule has 0 atom stereocenters. The Balaban J connectivity index is 1.70. The molecule has 8 nitrogen and oxygen atoms in total. The summed E-state index contributed by atoms with van der Waals surface area (Å²) in [4.78, 5) is 28.5. The van der Waals surface area contributed by atoms with Gasteiger partial charge in [0.05, 0.1) is 12.4 Å².